The van der Waals surface area contributed by atoms with Crippen LogP contribution in [0.3, 0.4) is 0 Å². The van der Waals surface area contributed by atoms with Gasteiger partial charge < -0.3 is 4.98 Å². The van der Waals surface area contributed by atoms with Crippen molar-refractivity contribution < 1.29 is 17.6 Å². The van der Waals surface area contributed by atoms with Gasteiger partial charge in [0, 0.05) is 11.6 Å². The van der Waals surface area contributed by atoms with Gasteiger partial charge in [-0.05, 0) is 31.6 Å². The largest absolute Gasteiger partial charge is 0.416 e. The quantitative estimate of drug-likeness (QED) is 0.643. The minimum Gasteiger partial charge on any atom is -0.307 e. The van der Waals surface area contributed by atoms with E-state index in [1.807, 2.05) is 13.0 Å². The first kappa shape index (κ1) is 20.4. The maximum absolute atomic E-state index is 14.2. The molecule has 3 aromatic rings. The third kappa shape index (κ3) is 4.58. The molecule has 1 N–H and O–H groups in total. The fraction of sp³-hybridized carbons (Fsp3) is 0.263. The summed E-state index contributed by atoms with van der Waals surface area (Å²) in [5, 5.41) is 7.86. The number of nitrogens with one attached hydrogen (secondary N) is 1. The van der Waals surface area contributed by atoms with Crippen molar-refractivity contribution in [1.82, 2.24) is 25.0 Å². The third-order valence-corrected chi connectivity index (χ3v) is 4.22. The van der Waals surface area contributed by atoms with Crippen LogP contribution in [0, 0.1) is 5.82 Å². The second-order valence-electron chi connectivity index (χ2n) is 6.32. The molecule has 0 bridgehead atoms. The Kier molecular flexibility index (Phi) is 5.62. The number of aromatic nitrogens is 5. The maximum atomic E-state index is 14.2. The number of rotatable bonds is 5. The lowest BCUT2D eigenvalue weighted by molar-refractivity contribution is -0.137. The lowest BCUT2D eigenvalue weighted by Gasteiger charge is -2.14. The van der Waals surface area contributed by atoms with E-state index in [1.54, 1.807) is 13.0 Å². The Balaban J connectivity index is 1.91. The summed E-state index contributed by atoms with van der Waals surface area (Å²) < 4.78 is 53.7. The van der Waals surface area contributed by atoms with Gasteiger partial charge >= 0.3 is 6.18 Å². The van der Waals surface area contributed by atoms with Crippen LogP contribution < -0.4 is 5.56 Å². The first-order chi connectivity index (χ1) is 13.7. The Morgan fingerprint density at radius 3 is 2.66 bits per heavy atom. The highest BCUT2D eigenvalue weighted by molar-refractivity contribution is 5.54. The minimum atomic E-state index is -4.63. The van der Waals surface area contributed by atoms with E-state index in [2.05, 4.69) is 20.3 Å². The summed E-state index contributed by atoms with van der Waals surface area (Å²) in [6, 6.07) is 2.87. The molecule has 10 heteroatoms. The van der Waals surface area contributed by atoms with Crippen LogP contribution in [0.5, 0.6) is 0 Å². The van der Waals surface area contributed by atoms with Crippen LogP contribution in [0.2, 0.25) is 0 Å². The zero-order valence-corrected chi connectivity index (χ0v) is 15.5. The molecule has 0 amide bonds. The summed E-state index contributed by atoms with van der Waals surface area (Å²) in [6.45, 7) is 3.51. The van der Waals surface area contributed by atoms with Crippen molar-refractivity contribution in [3.05, 3.63) is 69.7 Å². The van der Waals surface area contributed by atoms with Crippen LogP contribution >= 0.6 is 0 Å². The molecule has 0 spiro atoms. The Bertz CT molecular complexity index is 1100. The van der Waals surface area contributed by atoms with Crippen molar-refractivity contribution in [3.63, 3.8) is 0 Å². The lowest BCUT2D eigenvalue weighted by atomic mass is 10.0. The van der Waals surface area contributed by atoms with E-state index >= 15 is 0 Å². The first-order valence-electron chi connectivity index (χ1n) is 8.75. The monoisotopic (exact) mass is 407 g/mol. The Labute approximate surface area is 162 Å². The molecule has 152 valence electrons. The summed E-state index contributed by atoms with van der Waals surface area (Å²) in [5.41, 5.74) is -0.857. The highest BCUT2D eigenvalue weighted by atomic mass is 19.4. The number of halogens is 4. The summed E-state index contributed by atoms with van der Waals surface area (Å²) in [4.78, 5) is 18.7. The number of allylic oxidation sites excluding steroid dienone is 1. The number of hydrogen-bond acceptors (Lipinski definition) is 4. The SMILES string of the molecule is CC/C=C/c1nc(-c2cn(C(C)c3ccc(C(F)(F)F)cc3F)nn2)cc(=O)[nH]1. The number of aromatic amines is 1. The average Bonchev–Trinajstić information content (AvgIpc) is 3.15. The molecular weight excluding hydrogens is 390 g/mol. The van der Waals surface area contributed by atoms with E-state index in [4.69, 9.17) is 0 Å². The topological polar surface area (TPSA) is 76.5 Å². The number of nitrogens with zero attached hydrogens (tertiary/aromatic N) is 4. The molecular formula is C19H17F4N5O. The number of benzene rings is 1. The van der Waals surface area contributed by atoms with Crippen LogP contribution in [0.1, 0.15) is 43.3 Å². The molecule has 0 saturated carbocycles. The number of alkyl halides is 3. The second-order valence-corrected chi connectivity index (χ2v) is 6.32. The Morgan fingerprint density at radius 1 is 1.24 bits per heavy atom. The fourth-order valence-corrected chi connectivity index (χ4v) is 2.68. The summed E-state index contributed by atoms with van der Waals surface area (Å²) in [7, 11) is 0. The molecule has 1 aromatic carbocycles. The molecule has 6 nitrogen and oxygen atoms in total. The van der Waals surface area contributed by atoms with Gasteiger partial charge in [-0.1, -0.05) is 24.3 Å². The lowest BCUT2D eigenvalue weighted by Crippen LogP contribution is -2.12. The van der Waals surface area contributed by atoms with Gasteiger partial charge in [-0.3, -0.25) is 4.79 Å². The predicted octanol–water partition coefficient (Wildman–Crippen LogP) is 4.22. The van der Waals surface area contributed by atoms with Crippen LogP contribution in [0.25, 0.3) is 17.5 Å². The van der Waals surface area contributed by atoms with Crippen LogP contribution in [0.15, 0.2) is 41.3 Å². The normalized spacial score (nSPS) is 13.2. The molecule has 0 fully saturated rings. The highest BCUT2D eigenvalue weighted by Gasteiger charge is 2.31. The van der Waals surface area contributed by atoms with E-state index in [1.165, 1.54) is 16.9 Å². The molecule has 1 unspecified atom stereocenters. The zero-order chi connectivity index (χ0) is 21.2. The maximum Gasteiger partial charge on any atom is 0.416 e. The molecule has 2 heterocycles. The van der Waals surface area contributed by atoms with Crippen LogP contribution in [-0.4, -0.2) is 25.0 Å². The van der Waals surface area contributed by atoms with Gasteiger partial charge in [-0.25, -0.2) is 14.1 Å². The minimum absolute atomic E-state index is 0.0277. The number of hydrogen-bond donors (Lipinski definition) is 1. The van der Waals surface area contributed by atoms with Gasteiger partial charge in [-0.2, -0.15) is 13.2 Å². The highest BCUT2D eigenvalue weighted by Crippen LogP contribution is 2.32. The first-order valence-corrected chi connectivity index (χ1v) is 8.75. The van der Waals surface area contributed by atoms with Crippen LogP contribution in [0.4, 0.5) is 17.6 Å². The van der Waals surface area contributed by atoms with Gasteiger partial charge in [0.25, 0.3) is 5.56 Å². The van der Waals surface area contributed by atoms with E-state index in [0.717, 1.165) is 18.6 Å². The average molecular weight is 407 g/mol. The van der Waals surface area contributed by atoms with Crippen molar-refractivity contribution in [2.45, 2.75) is 32.5 Å². The van der Waals surface area contributed by atoms with Crippen molar-refractivity contribution in [2.24, 2.45) is 0 Å². The molecule has 0 saturated heterocycles. The Morgan fingerprint density at radius 2 is 2.00 bits per heavy atom. The third-order valence-electron chi connectivity index (χ3n) is 4.22. The summed E-state index contributed by atoms with van der Waals surface area (Å²) in [5.74, 6) is -0.642. The standard InChI is InChI=1S/C19H17F4N5O/c1-3-4-5-17-24-15(9-18(29)25-17)16-10-28(27-26-16)11(2)13-7-6-12(8-14(13)20)19(21,22)23/h4-11H,3H2,1-2H3,(H,24,25,29)/b5-4+. The van der Waals surface area contributed by atoms with E-state index in [9.17, 15) is 22.4 Å². The molecule has 2 aromatic heterocycles. The number of H-pyrrole nitrogens is 1. The molecule has 0 radical (unpaired) electrons. The van der Waals surface area contributed by atoms with E-state index in [0.29, 0.717) is 11.9 Å². The van der Waals surface area contributed by atoms with Gasteiger partial charge in [0.05, 0.1) is 17.8 Å². The van der Waals surface area contributed by atoms with Crippen molar-refractivity contribution >= 4 is 6.08 Å². The van der Waals surface area contributed by atoms with Gasteiger partial charge in [0.1, 0.15) is 23.0 Å². The Hall–Kier alpha value is -3.30. The molecule has 0 aliphatic heterocycles. The van der Waals surface area contributed by atoms with Gasteiger partial charge in [0.15, 0.2) is 0 Å². The van der Waals surface area contributed by atoms with Crippen molar-refractivity contribution in [1.29, 1.82) is 0 Å². The molecule has 29 heavy (non-hydrogen) atoms. The van der Waals surface area contributed by atoms with Gasteiger partial charge in [-0.15, -0.1) is 5.10 Å². The molecule has 3 rings (SSSR count). The van der Waals surface area contributed by atoms with Crippen molar-refractivity contribution in [2.75, 3.05) is 0 Å². The molecule has 0 aliphatic rings. The molecule has 0 aliphatic carbocycles. The second kappa shape index (κ2) is 7.98. The van der Waals surface area contributed by atoms with E-state index in [-0.39, 0.29) is 22.5 Å². The fourth-order valence-electron chi connectivity index (χ4n) is 2.68. The van der Waals surface area contributed by atoms with Crippen molar-refractivity contribution in [3.8, 4) is 11.4 Å². The van der Waals surface area contributed by atoms with Crippen LogP contribution in [-0.2, 0) is 6.18 Å². The van der Waals surface area contributed by atoms with Gasteiger partial charge in [0.2, 0.25) is 0 Å². The summed E-state index contributed by atoms with van der Waals surface area (Å²) in [6.07, 6.45) is 1.08. The summed E-state index contributed by atoms with van der Waals surface area (Å²) >= 11 is 0. The molecule has 1 atom stereocenters. The predicted molar refractivity (Wildman–Crippen MR) is 98.4 cm³/mol. The zero-order valence-electron chi connectivity index (χ0n) is 15.5. The smallest absolute Gasteiger partial charge is 0.307 e. The van der Waals surface area contributed by atoms with E-state index < -0.39 is 23.6 Å².